The van der Waals surface area contributed by atoms with Crippen molar-refractivity contribution in [3.63, 3.8) is 0 Å². The van der Waals surface area contributed by atoms with E-state index >= 15 is 0 Å². The van der Waals surface area contributed by atoms with E-state index in [1.807, 2.05) is 49.4 Å². The topological polar surface area (TPSA) is 90.7 Å². The molecule has 144 valence electrons. The fourth-order valence-electron chi connectivity index (χ4n) is 3.04. The van der Waals surface area contributed by atoms with Gasteiger partial charge in [-0.05, 0) is 29.3 Å². The Morgan fingerprint density at radius 2 is 1.64 bits per heavy atom. The number of nitrogens with zero attached hydrogens (tertiary/aromatic N) is 1. The highest BCUT2D eigenvalue weighted by Gasteiger charge is 2.25. The Morgan fingerprint density at radius 1 is 1.00 bits per heavy atom. The van der Waals surface area contributed by atoms with Gasteiger partial charge in [0, 0.05) is 6.07 Å². The first-order valence-electron chi connectivity index (χ1n) is 8.64. The zero-order valence-electron chi connectivity index (χ0n) is 15.8. The molecule has 1 amide bonds. The summed E-state index contributed by atoms with van der Waals surface area (Å²) < 4.78 is 10.3. The second-order valence-electron chi connectivity index (χ2n) is 6.28. The van der Waals surface area contributed by atoms with Gasteiger partial charge in [-0.3, -0.25) is 14.9 Å². The second kappa shape index (κ2) is 7.96. The van der Waals surface area contributed by atoms with E-state index < -0.39 is 10.8 Å². The van der Waals surface area contributed by atoms with Gasteiger partial charge in [-0.15, -0.1) is 0 Å². The van der Waals surface area contributed by atoms with E-state index in [0.29, 0.717) is 0 Å². The summed E-state index contributed by atoms with van der Waals surface area (Å²) in [4.78, 5) is 23.6. The Balaban J connectivity index is 1.91. The van der Waals surface area contributed by atoms with E-state index in [4.69, 9.17) is 9.47 Å². The van der Waals surface area contributed by atoms with Crippen LogP contribution in [-0.4, -0.2) is 25.1 Å². The number of nitro benzene ring substituents is 1. The molecule has 0 saturated carbocycles. The van der Waals surface area contributed by atoms with E-state index in [1.54, 1.807) is 0 Å². The Hall–Kier alpha value is -3.61. The van der Waals surface area contributed by atoms with Gasteiger partial charge in [0.1, 0.15) is 5.56 Å². The lowest BCUT2D eigenvalue weighted by Gasteiger charge is -2.16. The molecule has 0 aromatic heterocycles. The average Bonchev–Trinajstić information content (AvgIpc) is 2.71. The third-order valence-electron chi connectivity index (χ3n) is 4.56. The van der Waals surface area contributed by atoms with Crippen LogP contribution in [0.2, 0.25) is 0 Å². The Morgan fingerprint density at radius 3 is 2.29 bits per heavy atom. The monoisotopic (exact) mass is 380 g/mol. The first-order chi connectivity index (χ1) is 13.4. The van der Waals surface area contributed by atoms with E-state index in [2.05, 4.69) is 5.32 Å². The van der Waals surface area contributed by atoms with Crippen LogP contribution in [0.25, 0.3) is 10.8 Å². The van der Waals surface area contributed by atoms with Gasteiger partial charge in [-0.2, -0.15) is 0 Å². The number of amides is 1. The largest absolute Gasteiger partial charge is 0.493 e. The molecule has 0 aliphatic carbocycles. The number of nitrogens with one attached hydrogen (secondary N) is 1. The van der Waals surface area contributed by atoms with Crippen LogP contribution in [0.5, 0.6) is 11.5 Å². The van der Waals surface area contributed by atoms with E-state index in [1.165, 1.54) is 26.4 Å². The number of methoxy groups -OCH3 is 2. The maximum Gasteiger partial charge on any atom is 0.286 e. The fourth-order valence-corrected chi connectivity index (χ4v) is 3.04. The summed E-state index contributed by atoms with van der Waals surface area (Å²) in [6, 6.07) is 16.0. The molecule has 3 aromatic carbocycles. The minimum absolute atomic E-state index is 0.0877. The number of hydrogen-bond acceptors (Lipinski definition) is 5. The minimum atomic E-state index is -0.614. The van der Waals surface area contributed by atoms with Gasteiger partial charge in [-0.25, -0.2) is 0 Å². The van der Waals surface area contributed by atoms with Crippen LogP contribution in [0.15, 0.2) is 54.6 Å². The predicted octanol–water partition coefficient (Wildman–Crippen LogP) is 4.26. The molecule has 0 fully saturated rings. The molecule has 1 atom stereocenters. The van der Waals surface area contributed by atoms with Crippen molar-refractivity contribution < 1.29 is 19.2 Å². The summed E-state index contributed by atoms with van der Waals surface area (Å²) in [5.74, 6) is -0.127. The molecular formula is C21H20N2O5. The number of fused-ring (bicyclic) bond motifs is 1. The molecule has 7 heteroatoms. The molecule has 0 aliphatic rings. The van der Waals surface area contributed by atoms with Gasteiger partial charge in [0.05, 0.1) is 31.3 Å². The molecule has 1 unspecified atom stereocenters. The predicted molar refractivity (Wildman–Crippen MR) is 106 cm³/mol. The number of carbonyl (C=O) groups is 1. The maximum atomic E-state index is 12.8. The van der Waals surface area contributed by atoms with Crippen LogP contribution in [0.3, 0.4) is 0 Å². The van der Waals surface area contributed by atoms with Crippen LogP contribution in [0.4, 0.5) is 5.69 Å². The van der Waals surface area contributed by atoms with Crippen molar-refractivity contribution in [2.45, 2.75) is 13.0 Å². The standard InChI is InChI=1S/C21H20N2O5/c1-13(15-9-8-14-6-4-5-7-16(14)10-15)22-21(24)17-11-19(27-2)20(28-3)12-18(17)23(25)26/h4-13H,1-3H3,(H,22,24). The Kier molecular flexibility index (Phi) is 5.44. The molecule has 3 aromatic rings. The fraction of sp³-hybridized carbons (Fsp3) is 0.190. The molecule has 0 bridgehead atoms. The molecule has 0 spiro atoms. The molecule has 0 radical (unpaired) electrons. The van der Waals surface area contributed by atoms with Crippen molar-refractivity contribution in [2.24, 2.45) is 0 Å². The van der Waals surface area contributed by atoms with Crippen LogP contribution in [0, 0.1) is 10.1 Å². The van der Waals surface area contributed by atoms with Gasteiger partial charge >= 0.3 is 0 Å². The summed E-state index contributed by atoms with van der Waals surface area (Å²) in [6.07, 6.45) is 0. The summed E-state index contributed by atoms with van der Waals surface area (Å²) in [6.45, 7) is 1.83. The maximum absolute atomic E-state index is 12.8. The third-order valence-corrected chi connectivity index (χ3v) is 4.56. The number of carbonyl (C=O) groups excluding carboxylic acids is 1. The van der Waals surface area contributed by atoms with Gasteiger partial charge in [0.15, 0.2) is 11.5 Å². The van der Waals surface area contributed by atoms with Gasteiger partial charge in [-0.1, -0.05) is 36.4 Å². The zero-order valence-corrected chi connectivity index (χ0v) is 15.8. The normalized spacial score (nSPS) is 11.7. The lowest BCUT2D eigenvalue weighted by molar-refractivity contribution is -0.385. The van der Waals surface area contributed by atoms with E-state index in [0.717, 1.165) is 16.3 Å². The first-order valence-corrected chi connectivity index (χ1v) is 8.64. The molecule has 0 saturated heterocycles. The molecule has 3 rings (SSSR count). The number of benzene rings is 3. The number of hydrogen-bond donors (Lipinski definition) is 1. The molecule has 28 heavy (non-hydrogen) atoms. The highest BCUT2D eigenvalue weighted by Crippen LogP contribution is 2.34. The molecule has 7 nitrogen and oxygen atoms in total. The number of rotatable bonds is 6. The molecule has 0 heterocycles. The van der Waals surface area contributed by atoms with Crippen LogP contribution in [0.1, 0.15) is 28.9 Å². The molecule has 1 N–H and O–H groups in total. The van der Waals surface area contributed by atoms with E-state index in [-0.39, 0.29) is 28.8 Å². The smallest absolute Gasteiger partial charge is 0.286 e. The Bertz CT molecular complexity index is 1050. The van der Waals surface area contributed by atoms with Gasteiger partial charge in [0.25, 0.3) is 11.6 Å². The SMILES string of the molecule is COc1cc(C(=O)NC(C)c2ccc3ccccc3c2)c([N+](=O)[O-])cc1OC. The van der Waals surface area contributed by atoms with Crippen molar-refractivity contribution >= 4 is 22.4 Å². The zero-order chi connectivity index (χ0) is 20.3. The minimum Gasteiger partial charge on any atom is -0.493 e. The lowest BCUT2D eigenvalue weighted by Crippen LogP contribution is -2.27. The first kappa shape index (κ1) is 19.2. The van der Waals surface area contributed by atoms with Crippen molar-refractivity contribution in [3.8, 4) is 11.5 Å². The van der Waals surface area contributed by atoms with E-state index in [9.17, 15) is 14.9 Å². The average molecular weight is 380 g/mol. The third kappa shape index (κ3) is 3.73. The Labute approximate surface area is 162 Å². The molecule has 0 aliphatic heterocycles. The van der Waals surface area contributed by atoms with Crippen LogP contribution in [-0.2, 0) is 0 Å². The summed E-state index contributed by atoms with van der Waals surface area (Å²) >= 11 is 0. The van der Waals surface area contributed by atoms with Gasteiger partial charge < -0.3 is 14.8 Å². The summed E-state index contributed by atoms with van der Waals surface area (Å²) in [5.41, 5.74) is 0.464. The quantitative estimate of drug-likeness (QED) is 0.510. The van der Waals surface area contributed by atoms with Crippen LogP contribution >= 0.6 is 0 Å². The number of ether oxygens (including phenoxy) is 2. The van der Waals surface area contributed by atoms with Crippen molar-refractivity contribution in [3.05, 3.63) is 75.8 Å². The second-order valence-corrected chi connectivity index (χ2v) is 6.28. The highest BCUT2D eigenvalue weighted by atomic mass is 16.6. The van der Waals surface area contributed by atoms with Crippen molar-refractivity contribution in [1.82, 2.24) is 5.32 Å². The molecular weight excluding hydrogens is 360 g/mol. The van der Waals surface area contributed by atoms with Gasteiger partial charge in [0.2, 0.25) is 0 Å². The van der Waals surface area contributed by atoms with Crippen molar-refractivity contribution in [2.75, 3.05) is 14.2 Å². The summed E-state index contributed by atoms with van der Waals surface area (Å²) in [7, 11) is 2.78. The summed E-state index contributed by atoms with van der Waals surface area (Å²) in [5, 5.41) is 16.4. The lowest BCUT2D eigenvalue weighted by atomic mass is 10.0. The highest BCUT2D eigenvalue weighted by molar-refractivity contribution is 5.99. The van der Waals surface area contributed by atoms with Crippen molar-refractivity contribution in [1.29, 1.82) is 0 Å². The number of nitro groups is 1. The van der Waals surface area contributed by atoms with Crippen LogP contribution < -0.4 is 14.8 Å².